The van der Waals surface area contributed by atoms with Crippen molar-refractivity contribution in [2.75, 3.05) is 12.4 Å². The minimum absolute atomic E-state index is 0.387. The van der Waals surface area contributed by atoms with Crippen LogP contribution in [0.2, 0.25) is 0 Å². The number of allylic oxidation sites excluding steroid dienone is 1. The smallest absolute Gasteiger partial charge is 0.337 e. The normalized spacial score (nSPS) is 11.2. The Balaban J connectivity index is 1.72. The molecule has 0 saturated carbocycles. The van der Waals surface area contributed by atoms with Gasteiger partial charge in [0.25, 0.3) is 0 Å². The molecule has 6 heteroatoms. The molecule has 0 aliphatic carbocycles. The Kier molecular flexibility index (Phi) is 6.99. The summed E-state index contributed by atoms with van der Waals surface area (Å²) in [5, 5.41) is 15.2. The van der Waals surface area contributed by atoms with Gasteiger partial charge in [-0.1, -0.05) is 38.1 Å². The number of nitriles is 1. The minimum atomic E-state index is -0.387. The number of methoxy groups -OCH3 is 1. The zero-order valence-electron chi connectivity index (χ0n) is 17.2. The van der Waals surface area contributed by atoms with Gasteiger partial charge in [0.1, 0.15) is 16.6 Å². The molecule has 0 unspecified atom stereocenters. The Morgan fingerprint density at radius 1 is 1.20 bits per heavy atom. The first-order chi connectivity index (χ1) is 14.5. The van der Waals surface area contributed by atoms with Crippen LogP contribution in [0.1, 0.15) is 34.8 Å². The third-order valence-corrected chi connectivity index (χ3v) is 5.31. The fourth-order valence-corrected chi connectivity index (χ4v) is 3.73. The number of ether oxygens (including phenoxy) is 1. The molecule has 0 aliphatic heterocycles. The Hall–Kier alpha value is -3.43. The van der Waals surface area contributed by atoms with E-state index in [1.54, 1.807) is 30.5 Å². The van der Waals surface area contributed by atoms with Gasteiger partial charge in [-0.15, -0.1) is 11.3 Å². The number of hydrogen-bond acceptors (Lipinski definition) is 6. The van der Waals surface area contributed by atoms with E-state index in [1.165, 1.54) is 24.0 Å². The summed E-state index contributed by atoms with van der Waals surface area (Å²) in [7, 11) is 1.35. The summed E-state index contributed by atoms with van der Waals surface area (Å²) in [5.41, 5.74) is 4.87. The van der Waals surface area contributed by atoms with Gasteiger partial charge in [0, 0.05) is 22.8 Å². The summed E-state index contributed by atoms with van der Waals surface area (Å²) in [6, 6.07) is 17.5. The van der Waals surface area contributed by atoms with E-state index in [0.29, 0.717) is 22.1 Å². The van der Waals surface area contributed by atoms with Crippen molar-refractivity contribution in [3.63, 3.8) is 0 Å². The van der Waals surface area contributed by atoms with Crippen molar-refractivity contribution in [1.29, 1.82) is 5.26 Å². The first-order valence-electron chi connectivity index (χ1n) is 9.60. The lowest BCUT2D eigenvalue weighted by atomic mass is 10.0. The van der Waals surface area contributed by atoms with Gasteiger partial charge in [-0.05, 0) is 42.2 Å². The van der Waals surface area contributed by atoms with E-state index in [0.717, 1.165) is 23.4 Å². The molecule has 0 radical (unpaired) electrons. The van der Waals surface area contributed by atoms with E-state index >= 15 is 0 Å². The molecule has 30 heavy (non-hydrogen) atoms. The molecule has 1 aromatic heterocycles. The molecule has 0 saturated heterocycles. The maximum atomic E-state index is 11.5. The number of esters is 1. The average molecular weight is 418 g/mol. The maximum absolute atomic E-state index is 11.5. The molecule has 0 atom stereocenters. The van der Waals surface area contributed by atoms with E-state index in [4.69, 9.17) is 4.74 Å². The summed E-state index contributed by atoms with van der Waals surface area (Å²) < 4.78 is 4.69. The van der Waals surface area contributed by atoms with Crippen molar-refractivity contribution >= 4 is 28.6 Å². The molecule has 0 aliphatic rings. The monoisotopic (exact) mass is 417 g/mol. The lowest BCUT2D eigenvalue weighted by Crippen LogP contribution is -2.00. The molecule has 0 fully saturated rings. The second-order valence-corrected chi connectivity index (χ2v) is 8.07. The van der Waals surface area contributed by atoms with Crippen molar-refractivity contribution in [2.24, 2.45) is 5.92 Å². The maximum Gasteiger partial charge on any atom is 0.337 e. The zero-order chi connectivity index (χ0) is 21.5. The van der Waals surface area contributed by atoms with Crippen LogP contribution in [0.4, 0.5) is 5.69 Å². The van der Waals surface area contributed by atoms with E-state index in [-0.39, 0.29) is 5.97 Å². The van der Waals surface area contributed by atoms with Gasteiger partial charge in [0.2, 0.25) is 0 Å². The van der Waals surface area contributed by atoms with Crippen molar-refractivity contribution < 1.29 is 9.53 Å². The van der Waals surface area contributed by atoms with Crippen molar-refractivity contribution in [3.05, 3.63) is 76.2 Å². The van der Waals surface area contributed by atoms with Gasteiger partial charge in [-0.25, -0.2) is 9.78 Å². The molecule has 1 heterocycles. The lowest BCUT2D eigenvalue weighted by molar-refractivity contribution is 0.0601. The number of hydrogen-bond donors (Lipinski definition) is 1. The highest BCUT2D eigenvalue weighted by atomic mass is 32.1. The first-order valence-corrected chi connectivity index (χ1v) is 10.5. The summed E-state index contributed by atoms with van der Waals surface area (Å²) in [6.07, 6.45) is 2.68. The van der Waals surface area contributed by atoms with Crippen LogP contribution in [0.25, 0.3) is 16.8 Å². The molecular weight excluding hydrogens is 394 g/mol. The van der Waals surface area contributed by atoms with Gasteiger partial charge in [-0.2, -0.15) is 5.26 Å². The van der Waals surface area contributed by atoms with E-state index < -0.39 is 0 Å². The Morgan fingerprint density at radius 3 is 2.50 bits per heavy atom. The summed E-state index contributed by atoms with van der Waals surface area (Å²) >= 11 is 1.43. The molecule has 0 bridgehead atoms. The third-order valence-electron chi connectivity index (χ3n) is 4.44. The average Bonchev–Trinajstić information content (AvgIpc) is 3.24. The quantitative estimate of drug-likeness (QED) is 0.390. The summed E-state index contributed by atoms with van der Waals surface area (Å²) in [5.74, 6) is 0.233. The number of thiazole rings is 1. The largest absolute Gasteiger partial charge is 0.465 e. The highest BCUT2D eigenvalue weighted by Gasteiger charge is 2.10. The number of benzene rings is 2. The zero-order valence-corrected chi connectivity index (χ0v) is 18.0. The van der Waals surface area contributed by atoms with Crippen molar-refractivity contribution in [3.8, 4) is 17.3 Å². The summed E-state index contributed by atoms with van der Waals surface area (Å²) in [4.78, 5) is 16.1. The molecule has 0 spiro atoms. The molecule has 2 aromatic carbocycles. The Bertz CT molecular complexity index is 1070. The van der Waals surface area contributed by atoms with E-state index in [9.17, 15) is 10.1 Å². The fourth-order valence-electron chi connectivity index (χ4n) is 2.93. The molecular formula is C24H23N3O2S. The Morgan fingerprint density at radius 2 is 1.90 bits per heavy atom. The predicted octanol–water partition coefficient (Wildman–Crippen LogP) is 5.77. The van der Waals surface area contributed by atoms with Crippen LogP contribution in [0.5, 0.6) is 0 Å². The number of carbonyl (C=O) groups excluding carboxylic acids is 1. The molecule has 3 aromatic rings. The second kappa shape index (κ2) is 9.86. The molecule has 3 rings (SSSR count). The summed E-state index contributed by atoms with van der Waals surface area (Å²) in [6.45, 7) is 4.41. The predicted molar refractivity (Wildman–Crippen MR) is 121 cm³/mol. The van der Waals surface area contributed by atoms with Gasteiger partial charge >= 0.3 is 5.97 Å². The topological polar surface area (TPSA) is 75.0 Å². The Labute approximate surface area is 180 Å². The van der Waals surface area contributed by atoms with Crippen molar-refractivity contribution in [1.82, 2.24) is 4.98 Å². The number of nitrogens with zero attached hydrogens (tertiary/aromatic N) is 2. The third kappa shape index (κ3) is 5.34. The number of rotatable bonds is 7. The molecule has 5 nitrogen and oxygen atoms in total. The van der Waals surface area contributed by atoms with Gasteiger partial charge in [-0.3, -0.25) is 0 Å². The van der Waals surface area contributed by atoms with Crippen LogP contribution in [0.3, 0.4) is 0 Å². The van der Waals surface area contributed by atoms with Crippen LogP contribution in [-0.2, 0) is 11.2 Å². The molecule has 1 N–H and O–H groups in total. The van der Waals surface area contributed by atoms with Gasteiger partial charge in [0.05, 0.1) is 18.4 Å². The fraction of sp³-hybridized carbons (Fsp3) is 0.208. The first kappa shape index (κ1) is 21.3. The number of anilines is 1. The van der Waals surface area contributed by atoms with Crippen LogP contribution >= 0.6 is 11.3 Å². The molecule has 0 amide bonds. The highest BCUT2D eigenvalue weighted by molar-refractivity contribution is 7.11. The van der Waals surface area contributed by atoms with Gasteiger partial charge in [0.15, 0.2) is 0 Å². The van der Waals surface area contributed by atoms with Gasteiger partial charge < -0.3 is 10.1 Å². The number of aromatic nitrogens is 1. The van der Waals surface area contributed by atoms with Crippen LogP contribution in [-0.4, -0.2) is 18.1 Å². The van der Waals surface area contributed by atoms with Crippen LogP contribution in [0.15, 0.2) is 60.1 Å². The minimum Gasteiger partial charge on any atom is -0.465 e. The lowest BCUT2D eigenvalue weighted by Gasteiger charge is -2.05. The van der Waals surface area contributed by atoms with Crippen LogP contribution in [0, 0.1) is 17.2 Å². The second-order valence-electron chi connectivity index (χ2n) is 7.22. The van der Waals surface area contributed by atoms with E-state index in [1.807, 2.05) is 5.38 Å². The molecule has 152 valence electrons. The number of carbonyl (C=O) groups is 1. The number of nitrogens with one attached hydrogen (secondary N) is 1. The van der Waals surface area contributed by atoms with Crippen LogP contribution < -0.4 is 5.32 Å². The van der Waals surface area contributed by atoms with Crippen molar-refractivity contribution in [2.45, 2.75) is 20.3 Å². The van der Waals surface area contributed by atoms with E-state index in [2.05, 4.69) is 54.5 Å². The SMILES string of the molecule is COC(=O)c1ccc(NC=C(C#N)c2nc(-c3ccc(CC(C)C)cc3)cs2)cc1. The highest BCUT2D eigenvalue weighted by Crippen LogP contribution is 2.27. The standard InChI is InChI=1S/C24H23N3O2S/c1-16(2)12-17-4-6-18(7-5-17)22-15-30-23(27-22)20(13-25)14-26-21-10-8-19(9-11-21)24(28)29-3/h4-11,14-16,26H,12H2,1-3H3.